The van der Waals surface area contributed by atoms with E-state index in [9.17, 15) is 9.59 Å². The number of rotatable bonds is 4. The van der Waals surface area contributed by atoms with Crippen molar-refractivity contribution in [3.63, 3.8) is 0 Å². The second-order valence-electron chi connectivity index (χ2n) is 2.39. The average molecular weight is 184 g/mol. The highest BCUT2D eigenvalue weighted by Gasteiger charge is 2.12. The second kappa shape index (κ2) is 6.00. The first-order valence-corrected chi connectivity index (χ1v) is 3.88. The van der Waals surface area contributed by atoms with Crippen LogP contribution < -0.4 is 0 Å². The second-order valence-corrected chi connectivity index (χ2v) is 2.39. The molecule has 0 saturated carbocycles. The van der Waals surface area contributed by atoms with Gasteiger partial charge in [-0.1, -0.05) is 0 Å². The van der Waals surface area contributed by atoms with Crippen LogP contribution in [0, 0.1) is 11.3 Å². The number of amides is 1. The van der Waals surface area contributed by atoms with Crippen LogP contribution in [0.15, 0.2) is 0 Å². The van der Waals surface area contributed by atoms with E-state index in [-0.39, 0.29) is 18.9 Å². The molecule has 0 unspecified atom stereocenters. The first kappa shape index (κ1) is 11.4. The molecule has 0 aromatic heterocycles. The van der Waals surface area contributed by atoms with Gasteiger partial charge < -0.3 is 9.64 Å². The van der Waals surface area contributed by atoms with Crippen molar-refractivity contribution in [3.8, 4) is 6.07 Å². The van der Waals surface area contributed by atoms with E-state index in [2.05, 4.69) is 4.74 Å². The van der Waals surface area contributed by atoms with Crippen molar-refractivity contribution >= 4 is 11.9 Å². The molecule has 0 N–H and O–H groups in total. The Balaban J connectivity index is 3.86. The quantitative estimate of drug-likeness (QED) is 0.573. The molecular formula is C8H12N2O3. The SMILES string of the molecule is CCOC(=O)CN(C)C(=O)CC#N. The van der Waals surface area contributed by atoms with Crippen LogP contribution >= 0.6 is 0 Å². The van der Waals surface area contributed by atoms with Gasteiger partial charge in [-0.2, -0.15) is 5.26 Å². The number of likely N-dealkylation sites (N-methyl/N-ethyl adjacent to an activating group) is 1. The number of hydrogen-bond donors (Lipinski definition) is 0. The van der Waals surface area contributed by atoms with Crippen molar-refractivity contribution in [2.75, 3.05) is 20.2 Å². The summed E-state index contributed by atoms with van der Waals surface area (Å²) in [6, 6.07) is 1.71. The summed E-state index contributed by atoms with van der Waals surface area (Å²) in [5.41, 5.74) is 0. The van der Waals surface area contributed by atoms with E-state index in [1.54, 1.807) is 13.0 Å². The number of nitrogens with zero attached hydrogens (tertiary/aromatic N) is 2. The molecule has 0 spiro atoms. The summed E-state index contributed by atoms with van der Waals surface area (Å²) in [5.74, 6) is -0.841. The standard InChI is InChI=1S/C8H12N2O3/c1-3-13-8(12)6-10(2)7(11)4-5-9/h3-4,6H2,1-2H3. The maximum atomic E-state index is 11.0. The van der Waals surface area contributed by atoms with Crippen molar-refractivity contribution in [1.29, 1.82) is 5.26 Å². The van der Waals surface area contributed by atoms with Crippen LogP contribution in [0.5, 0.6) is 0 Å². The van der Waals surface area contributed by atoms with Crippen LogP contribution in [0.2, 0.25) is 0 Å². The van der Waals surface area contributed by atoms with Crippen LogP contribution in [0.25, 0.3) is 0 Å². The molecule has 5 nitrogen and oxygen atoms in total. The van der Waals surface area contributed by atoms with E-state index in [0.29, 0.717) is 6.61 Å². The normalized spacial score (nSPS) is 8.69. The fourth-order valence-corrected chi connectivity index (χ4v) is 0.691. The van der Waals surface area contributed by atoms with Crippen molar-refractivity contribution in [2.45, 2.75) is 13.3 Å². The lowest BCUT2D eigenvalue weighted by Gasteiger charge is -2.13. The van der Waals surface area contributed by atoms with Crippen LogP contribution in [0.4, 0.5) is 0 Å². The van der Waals surface area contributed by atoms with Gasteiger partial charge in [0.05, 0.1) is 12.7 Å². The van der Waals surface area contributed by atoms with Crippen molar-refractivity contribution in [1.82, 2.24) is 4.90 Å². The maximum Gasteiger partial charge on any atom is 0.325 e. The fraction of sp³-hybridized carbons (Fsp3) is 0.625. The molecule has 0 fully saturated rings. The molecule has 72 valence electrons. The fourth-order valence-electron chi connectivity index (χ4n) is 0.691. The number of carbonyl (C=O) groups excluding carboxylic acids is 2. The van der Waals surface area contributed by atoms with Crippen LogP contribution in [0.3, 0.4) is 0 Å². The summed E-state index contributed by atoms with van der Waals surface area (Å²) in [6.45, 7) is 1.88. The molecule has 0 aromatic carbocycles. The van der Waals surface area contributed by atoms with Gasteiger partial charge >= 0.3 is 5.97 Å². The zero-order valence-corrected chi connectivity index (χ0v) is 7.74. The van der Waals surface area contributed by atoms with E-state index in [1.807, 2.05) is 0 Å². The van der Waals surface area contributed by atoms with Gasteiger partial charge in [-0.15, -0.1) is 0 Å². The molecular weight excluding hydrogens is 172 g/mol. The molecule has 0 aliphatic rings. The molecule has 0 heterocycles. The molecule has 0 aliphatic heterocycles. The molecule has 0 bridgehead atoms. The smallest absolute Gasteiger partial charge is 0.325 e. The highest BCUT2D eigenvalue weighted by atomic mass is 16.5. The first-order chi connectivity index (χ1) is 6.11. The molecule has 1 amide bonds. The van der Waals surface area contributed by atoms with Gasteiger partial charge in [0.1, 0.15) is 13.0 Å². The summed E-state index contributed by atoms with van der Waals surface area (Å²) in [5, 5.41) is 8.21. The number of carbonyl (C=O) groups is 2. The summed E-state index contributed by atoms with van der Waals surface area (Å²) in [7, 11) is 1.45. The van der Waals surface area contributed by atoms with Gasteiger partial charge in [-0.3, -0.25) is 9.59 Å². The Morgan fingerprint density at radius 1 is 1.54 bits per heavy atom. The van der Waals surface area contributed by atoms with Crippen LogP contribution in [-0.2, 0) is 14.3 Å². The molecule has 0 aliphatic carbocycles. The predicted octanol–water partition coefficient (Wildman–Crippen LogP) is -0.0784. The van der Waals surface area contributed by atoms with Gasteiger partial charge in [-0.25, -0.2) is 0 Å². The minimum atomic E-state index is -0.462. The summed E-state index contributed by atoms with van der Waals surface area (Å²) >= 11 is 0. The third-order valence-corrected chi connectivity index (χ3v) is 1.33. The molecule has 0 atom stereocenters. The number of hydrogen-bond acceptors (Lipinski definition) is 4. The van der Waals surface area contributed by atoms with Crippen molar-refractivity contribution < 1.29 is 14.3 Å². The van der Waals surface area contributed by atoms with Crippen LogP contribution in [0.1, 0.15) is 13.3 Å². The Hall–Kier alpha value is -1.57. The van der Waals surface area contributed by atoms with Gasteiger partial charge in [0, 0.05) is 7.05 Å². The number of ether oxygens (including phenoxy) is 1. The predicted molar refractivity (Wildman–Crippen MR) is 44.5 cm³/mol. The summed E-state index contributed by atoms with van der Waals surface area (Å²) in [4.78, 5) is 23.0. The molecule has 0 saturated heterocycles. The largest absolute Gasteiger partial charge is 0.465 e. The molecule has 0 radical (unpaired) electrons. The highest BCUT2D eigenvalue weighted by Crippen LogP contribution is 1.90. The van der Waals surface area contributed by atoms with E-state index < -0.39 is 5.97 Å². The highest BCUT2D eigenvalue weighted by molar-refractivity contribution is 5.82. The van der Waals surface area contributed by atoms with E-state index >= 15 is 0 Å². The van der Waals surface area contributed by atoms with E-state index in [0.717, 1.165) is 0 Å². The Labute approximate surface area is 76.9 Å². The van der Waals surface area contributed by atoms with Gasteiger partial charge in [0.25, 0.3) is 0 Å². The Bertz CT molecular complexity index is 232. The topological polar surface area (TPSA) is 70.4 Å². The summed E-state index contributed by atoms with van der Waals surface area (Å²) < 4.78 is 4.63. The summed E-state index contributed by atoms with van der Waals surface area (Å²) in [6.07, 6.45) is -0.212. The Kier molecular flexibility index (Phi) is 5.28. The average Bonchev–Trinajstić information content (AvgIpc) is 2.05. The maximum absolute atomic E-state index is 11.0. The van der Waals surface area contributed by atoms with Crippen molar-refractivity contribution in [2.24, 2.45) is 0 Å². The zero-order chi connectivity index (χ0) is 10.3. The van der Waals surface area contributed by atoms with Crippen molar-refractivity contribution in [3.05, 3.63) is 0 Å². The molecule has 0 rings (SSSR count). The minimum absolute atomic E-state index is 0.103. The monoisotopic (exact) mass is 184 g/mol. The molecule has 5 heteroatoms. The zero-order valence-electron chi connectivity index (χ0n) is 7.74. The third-order valence-electron chi connectivity index (χ3n) is 1.33. The first-order valence-electron chi connectivity index (χ1n) is 3.88. The van der Waals surface area contributed by atoms with Crippen LogP contribution in [-0.4, -0.2) is 37.0 Å². The molecule has 0 aromatic rings. The lowest BCUT2D eigenvalue weighted by Crippen LogP contribution is -2.32. The third kappa shape index (κ3) is 4.80. The minimum Gasteiger partial charge on any atom is -0.465 e. The van der Waals surface area contributed by atoms with Gasteiger partial charge in [0.2, 0.25) is 5.91 Å². The van der Waals surface area contributed by atoms with Gasteiger partial charge in [0.15, 0.2) is 0 Å². The Morgan fingerprint density at radius 2 is 2.15 bits per heavy atom. The molecule has 13 heavy (non-hydrogen) atoms. The van der Waals surface area contributed by atoms with Gasteiger partial charge in [-0.05, 0) is 6.92 Å². The Morgan fingerprint density at radius 3 is 2.62 bits per heavy atom. The lowest BCUT2D eigenvalue weighted by molar-refractivity contribution is -0.147. The number of esters is 1. The number of nitriles is 1. The van der Waals surface area contributed by atoms with E-state index in [1.165, 1.54) is 11.9 Å². The van der Waals surface area contributed by atoms with E-state index in [4.69, 9.17) is 5.26 Å². The lowest BCUT2D eigenvalue weighted by atomic mass is 10.4.